The smallest absolute Gasteiger partial charge is 0.317 e. The first-order valence-corrected chi connectivity index (χ1v) is 7.45. The molecule has 2 amide bonds. The van der Waals surface area contributed by atoms with Crippen molar-refractivity contribution in [2.45, 2.75) is 38.3 Å². The predicted molar refractivity (Wildman–Crippen MR) is 79.8 cm³/mol. The number of urea groups is 1. The number of carbonyl (C=O) groups is 1. The van der Waals surface area contributed by atoms with Gasteiger partial charge in [0.25, 0.3) is 0 Å². The van der Waals surface area contributed by atoms with Crippen molar-refractivity contribution < 1.29 is 14.3 Å². The summed E-state index contributed by atoms with van der Waals surface area (Å²) in [5, 5.41) is 13.3. The Labute approximate surface area is 128 Å². The number of hydrogen-bond acceptors (Lipinski definition) is 2. The van der Waals surface area contributed by atoms with Crippen LogP contribution in [0.4, 0.5) is 9.18 Å². The topological polar surface area (TPSA) is 52.6 Å². The Morgan fingerprint density at radius 3 is 2.90 bits per heavy atom. The minimum absolute atomic E-state index is 0.243. The van der Waals surface area contributed by atoms with Gasteiger partial charge in [-0.15, -0.1) is 0 Å². The van der Waals surface area contributed by atoms with E-state index in [9.17, 15) is 14.3 Å². The monoisotopic (exact) mass is 314 g/mol. The van der Waals surface area contributed by atoms with Crippen molar-refractivity contribution in [1.29, 1.82) is 0 Å². The second-order valence-electron chi connectivity index (χ2n) is 5.59. The number of halogens is 2. The fourth-order valence-electron chi connectivity index (χ4n) is 2.53. The maximum atomic E-state index is 13.0. The summed E-state index contributed by atoms with van der Waals surface area (Å²) in [4.78, 5) is 13.8. The lowest BCUT2D eigenvalue weighted by molar-refractivity contribution is 0.0485. The first-order chi connectivity index (χ1) is 9.84. The van der Waals surface area contributed by atoms with Crippen molar-refractivity contribution in [2.75, 3.05) is 13.1 Å². The molecular formula is C15H20ClFN2O2. The summed E-state index contributed by atoms with van der Waals surface area (Å²) in [5.74, 6) is -0.408. The highest BCUT2D eigenvalue weighted by Crippen LogP contribution is 2.26. The molecular weight excluding hydrogens is 295 g/mol. The zero-order valence-corrected chi connectivity index (χ0v) is 13.0. The average Bonchev–Trinajstić information content (AvgIpc) is 2.82. The molecule has 1 heterocycles. The number of hydrogen-bond donors (Lipinski definition) is 2. The first-order valence-electron chi connectivity index (χ1n) is 7.07. The van der Waals surface area contributed by atoms with E-state index >= 15 is 0 Å². The number of rotatable bonds is 3. The lowest BCUT2D eigenvalue weighted by Crippen LogP contribution is -2.42. The molecule has 1 fully saturated rings. The van der Waals surface area contributed by atoms with Crippen LogP contribution in [0, 0.1) is 5.82 Å². The summed E-state index contributed by atoms with van der Waals surface area (Å²) in [6.07, 6.45) is 1.21. The van der Waals surface area contributed by atoms with Gasteiger partial charge >= 0.3 is 6.03 Å². The van der Waals surface area contributed by atoms with E-state index in [1.54, 1.807) is 17.9 Å². The summed E-state index contributed by atoms with van der Waals surface area (Å²) in [5.41, 5.74) is -0.120. The molecule has 21 heavy (non-hydrogen) atoms. The molecule has 116 valence electrons. The minimum Gasteiger partial charge on any atom is -0.388 e. The normalized spacial score (nSPS) is 23.2. The first kappa shape index (κ1) is 16.0. The second kappa shape index (κ2) is 6.20. The number of nitrogens with zero attached hydrogens (tertiary/aromatic N) is 1. The van der Waals surface area contributed by atoms with Crippen molar-refractivity contribution in [1.82, 2.24) is 10.2 Å². The Kier molecular flexibility index (Phi) is 4.74. The molecule has 2 N–H and O–H groups in total. The van der Waals surface area contributed by atoms with Gasteiger partial charge in [0.2, 0.25) is 0 Å². The number of β-amino-alcohol motifs (C(OH)–C–C–N with tert-alkyl or cyclic N) is 1. The summed E-state index contributed by atoms with van der Waals surface area (Å²) >= 11 is 5.99. The highest BCUT2D eigenvalue weighted by Gasteiger charge is 2.36. The molecule has 0 aliphatic carbocycles. The highest BCUT2D eigenvalue weighted by atomic mass is 35.5. The quantitative estimate of drug-likeness (QED) is 0.900. The molecule has 2 rings (SSSR count). The summed E-state index contributed by atoms with van der Waals surface area (Å²) in [6.45, 7) is 4.56. The largest absolute Gasteiger partial charge is 0.388 e. The van der Waals surface area contributed by atoms with Crippen LogP contribution >= 0.6 is 11.6 Å². The molecule has 1 aromatic carbocycles. The lowest BCUT2D eigenvalue weighted by Gasteiger charge is -2.24. The number of benzene rings is 1. The Bertz CT molecular complexity index is 540. The molecule has 1 aromatic rings. The molecule has 1 unspecified atom stereocenters. The van der Waals surface area contributed by atoms with Crippen LogP contribution in [0.1, 0.15) is 38.3 Å². The van der Waals surface area contributed by atoms with E-state index in [0.29, 0.717) is 31.5 Å². The van der Waals surface area contributed by atoms with E-state index < -0.39 is 11.4 Å². The van der Waals surface area contributed by atoms with Gasteiger partial charge < -0.3 is 15.3 Å². The highest BCUT2D eigenvalue weighted by molar-refractivity contribution is 6.31. The van der Waals surface area contributed by atoms with Gasteiger partial charge in [-0.2, -0.15) is 0 Å². The van der Waals surface area contributed by atoms with Gasteiger partial charge in [0.05, 0.1) is 18.2 Å². The van der Waals surface area contributed by atoms with E-state index in [-0.39, 0.29) is 17.1 Å². The Hall–Kier alpha value is -1.33. The van der Waals surface area contributed by atoms with Crippen LogP contribution in [-0.4, -0.2) is 34.7 Å². The molecule has 0 bridgehead atoms. The van der Waals surface area contributed by atoms with Crippen LogP contribution in [0.5, 0.6) is 0 Å². The second-order valence-corrected chi connectivity index (χ2v) is 5.99. The third-order valence-corrected chi connectivity index (χ3v) is 4.37. The standard InChI is InChI=1S/C15H20ClFN2O2/c1-3-15(21)6-7-19(9-15)14(20)18-10(2)12-5-4-11(17)8-13(12)16/h4-5,8,10,21H,3,6-7,9H2,1-2H3,(H,18,20)/t10-,15?/m0/s1. The van der Waals surface area contributed by atoms with Crippen LogP contribution < -0.4 is 5.32 Å². The minimum atomic E-state index is -0.784. The SMILES string of the molecule is CCC1(O)CCN(C(=O)N[C@@H](C)c2ccc(F)cc2Cl)C1. The molecule has 0 aromatic heterocycles. The molecule has 0 radical (unpaired) electrons. The van der Waals surface area contributed by atoms with Gasteiger partial charge in [-0.1, -0.05) is 24.6 Å². The number of nitrogens with one attached hydrogen (secondary N) is 1. The van der Waals surface area contributed by atoms with Crippen LogP contribution in [0.25, 0.3) is 0 Å². The van der Waals surface area contributed by atoms with Gasteiger partial charge in [-0.05, 0) is 37.5 Å². The van der Waals surface area contributed by atoms with Gasteiger partial charge in [0, 0.05) is 11.6 Å². The molecule has 0 saturated carbocycles. The van der Waals surface area contributed by atoms with Crippen LogP contribution in [0.15, 0.2) is 18.2 Å². The van der Waals surface area contributed by atoms with Crippen molar-refractivity contribution in [3.63, 3.8) is 0 Å². The van der Waals surface area contributed by atoms with Crippen molar-refractivity contribution in [3.05, 3.63) is 34.6 Å². The third-order valence-electron chi connectivity index (χ3n) is 4.05. The fourth-order valence-corrected chi connectivity index (χ4v) is 2.86. The van der Waals surface area contributed by atoms with Gasteiger partial charge in [-0.3, -0.25) is 0 Å². The average molecular weight is 315 g/mol. The molecule has 1 aliphatic rings. The van der Waals surface area contributed by atoms with E-state index in [1.807, 2.05) is 6.92 Å². The van der Waals surface area contributed by atoms with Crippen LogP contribution in [-0.2, 0) is 0 Å². The fraction of sp³-hybridized carbons (Fsp3) is 0.533. The maximum absolute atomic E-state index is 13.0. The van der Waals surface area contributed by atoms with E-state index in [4.69, 9.17) is 11.6 Å². The van der Waals surface area contributed by atoms with E-state index in [0.717, 1.165) is 0 Å². The number of amides is 2. The molecule has 0 spiro atoms. The zero-order valence-electron chi connectivity index (χ0n) is 12.2. The lowest BCUT2D eigenvalue weighted by atomic mass is 10.0. The number of aliphatic hydroxyl groups is 1. The van der Waals surface area contributed by atoms with Crippen molar-refractivity contribution in [3.8, 4) is 0 Å². The summed E-state index contributed by atoms with van der Waals surface area (Å²) < 4.78 is 13.0. The Morgan fingerprint density at radius 2 is 2.33 bits per heavy atom. The Morgan fingerprint density at radius 1 is 1.62 bits per heavy atom. The van der Waals surface area contributed by atoms with Gasteiger partial charge in [0.1, 0.15) is 5.82 Å². The molecule has 6 heteroatoms. The molecule has 2 atom stereocenters. The van der Waals surface area contributed by atoms with Gasteiger partial charge in [0.15, 0.2) is 0 Å². The number of carbonyl (C=O) groups excluding carboxylic acids is 1. The van der Waals surface area contributed by atoms with Crippen molar-refractivity contribution in [2.24, 2.45) is 0 Å². The number of likely N-dealkylation sites (tertiary alicyclic amines) is 1. The van der Waals surface area contributed by atoms with Gasteiger partial charge in [-0.25, -0.2) is 9.18 Å². The van der Waals surface area contributed by atoms with Crippen molar-refractivity contribution >= 4 is 17.6 Å². The molecule has 4 nitrogen and oxygen atoms in total. The van der Waals surface area contributed by atoms with E-state index in [2.05, 4.69) is 5.32 Å². The molecule has 1 saturated heterocycles. The van der Waals surface area contributed by atoms with E-state index in [1.165, 1.54) is 12.1 Å². The summed E-state index contributed by atoms with van der Waals surface area (Å²) in [6, 6.07) is 3.53. The predicted octanol–water partition coefficient (Wildman–Crippen LogP) is 3.10. The third kappa shape index (κ3) is 3.66. The maximum Gasteiger partial charge on any atom is 0.317 e. The summed E-state index contributed by atoms with van der Waals surface area (Å²) in [7, 11) is 0. The molecule has 1 aliphatic heterocycles. The zero-order chi connectivity index (χ0) is 15.6. The Balaban J connectivity index is 2.00. The van der Waals surface area contributed by atoms with Crippen LogP contribution in [0.2, 0.25) is 5.02 Å². The van der Waals surface area contributed by atoms with Crippen LogP contribution in [0.3, 0.4) is 0 Å².